The minimum absolute atomic E-state index is 0.220. The molecular weight excluding hydrogens is 265 g/mol. The Morgan fingerprint density at radius 1 is 1.10 bits per heavy atom. The molecule has 106 valence electrons. The van der Waals surface area contributed by atoms with Crippen LogP contribution in [0.25, 0.3) is 0 Å². The van der Waals surface area contributed by atoms with Gasteiger partial charge >= 0.3 is 0 Å². The molecule has 1 N–H and O–H groups in total. The Kier molecular flexibility index (Phi) is 3.69. The number of nitrogens with zero attached hydrogens (tertiary/aromatic N) is 2. The van der Waals surface area contributed by atoms with Crippen molar-refractivity contribution in [3.63, 3.8) is 0 Å². The highest BCUT2D eigenvalue weighted by atomic mass is 19.1. The number of para-hydroxylation sites is 1. The van der Waals surface area contributed by atoms with Gasteiger partial charge in [0.15, 0.2) is 0 Å². The fraction of sp³-hybridized carbons (Fsp3) is 0.118. The second-order valence-electron chi connectivity index (χ2n) is 4.95. The van der Waals surface area contributed by atoms with Gasteiger partial charge in [-0.1, -0.05) is 30.3 Å². The molecule has 21 heavy (non-hydrogen) atoms. The van der Waals surface area contributed by atoms with Gasteiger partial charge in [-0.15, -0.1) is 0 Å². The van der Waals surface area contributed by atoms with E-state index >= 15 is 0 Å². The number of rotatable bonds is 4. The Balaban J connectivity index is 1.86. The molecule has 3 rings (SSSR count). The summed E-state index contributed by atoms with van der Waals surface area (Å²) in [4.78, 5) is 4.48. The van der Waals surface area contributed by atoms with Crippen LogP contribution in [0.5, 0.6) is 0 Å². The fourth-order valence-electron chi connectivity index (χ4n) is 2.25. The van der Waals surface area contributed by atoms with Crippen molar-refractivity contribution in [1.29, 1.82) is 0 Å². The van der Waals surface area contributed by atoms with Crippen LogP contribution in [0, 0.1) is 12.7 Å². The topological polar surface area (TPSA) is 29.9 Å². The first-order valence-corrected chi connectivity index (χ1v) is 6.81. The summed E-state index contributed by atoms with van der Waals surface area (Å²) in [5.41, 5.74) is 2.80. The summed E-state index contributed by atoms with van der Waals surface area (Å²) in [5, 5.41) is 3.29. The van der Waals surface area contributed by atoms with Crippen LogP contribution in [0.2, 0.25) is 0 Å². The first kappa shape index (κ1) is 13.4. The number of nitrogens with one attached hydrogen (secondary N) is 1. The van der Waals surface area contributed by atoms with Gasteiger partial charge in [-0.2, -0.15) is 0 Å². The fourth-order valence-corrected chi connectivity index (χ4v) is 2.25. The minimum Gasteiger partial charge on any atom is -0.326 e. The van der Waals surface area contributed by atoms with Crippen LogP contribution in [-0.4, -0.2) is 9.55 Å². The largest absolute Gasteiger partial charge is 0.326 e. The highest BCUT2D eigenvalue weighted by Crippen LogP contribution is 2.17. The molecule has 0 unspecified atom stereocenters. The standard InChI is InChI=1S/C17H16FN3/c1-13-11-21(12-14-6-5-7-15(18)10-14)17(19-13)20-16-8-3-2-4-9-16/h2-11H,12H2,1H3,(H,19,20). The second-order valence-corrected chi connectivity index (χ2v) is 4.95. The van der Waals surface area contributed by atoms with Crippen LogP contribution in [0.1, 0.15) is 11.3 Å². The summed E-state index contributed by atoms with van der Waals surface area (Å²) >= 11 is 0. The third kappa shape index (κ3) is 3.28. The highest BCUT2D eigenvalue weighted by Gasteiger charge is 2.07. The smallest absolute Gasteiger partial charge is 0.207 e. The molecule has 0 aliphatic rings. The first-order chi connectivity index (χ1) is 10.2. The molecule has 2 aromatic carbocycles. The van der Waals surface area contributed by atoms with Crippen molar-refractivity contribution in [2.24, 2.45) is 0 Å². The van der Waals surface area contributed by atoms with Crippen LogP contribution in [0.4, 0.5) is 16.0 Å². The molecule has 0 spiro atoms. The van der Waals surface area contributed by atoms with E-state index in [0.717, 1.165) is 22.9 Å². The minimum atomic E-state index is -0.220. The van der Waals surface area contributed by atoms with Crippen LogP contribution in [0.3, 0.4) is 0 Å². The van der Waals surface area contributed by atoms with E-state index in [1.165, 1.54) is 6.07 Å². The normalized spacial score (nSPS) is 10.6. The number of imidazole rings is 1. The predicted octanol–water partition coefficient (Wildman–Crippen LogP) is 4.12. The molecule has 3 aromatic rings. The van der Waals surface area contributed by atoms with Gasteiger partial charge in [-0.05, 0) is 36.8 Å². The van der Waals surface area contributed by atoms with E-state index in [-0.39, 0.29) is 5.82 Å². The van der Waals surface area contributed by atoms with Crippen molar-refractivity contribution in [2.75, 3.05) is 5.32 Å². The lowest BCUT2D eigenvalue weighted by atomic mass is 10.2. The molecule has 0 fully saturated rings. The molecule has 0 saturated heterocycles. The third-order valence-electron chi connectivity index (χ3n) is 3.17. The van der Waals surface area contributed by atoms with Crippen LogP contribution in [0.15, 0.2) is 60.8 Å². The van der Waals surface area contributed by atoms with Crippen molar-refractivity contribution in [3.05, 3.63) is 77.9 Å². The monoisotopic (exact) mass is 281 g/mol. The van der Waals surface area contributed by atoms with Gasteiger partial charge in [0, 0.05) is 11.9 Å². The predicted molar refractivity (Wildman–Crippen MR) is 82.2 cm³/mol. The zero-order valence-electron chi connectivity index (χ0n) is 11.8. The van der Waals surface area contributed by atoms with Gasteiger partial charge in [0.25, 0.3) is 0 Å². The number of halogens is 1. The molecule has 0 saturated carbocycles. The average Bonchev–Trinajstić information content (AvgIpc) is 2.80. The zero-order chi connectivity index (χ0) is 14.7. The maximum Gasteiger partial charge on any atom is 0.207 e. The SMILES string of the molecule is Cc1cn(Cc2cccc(F)c2)c(Nc2ccccc2)n1. The summed E-state index contributed by atoms with van der Waals surface area (Å²) < 4.78 is 15.3. The summed E-state index contributed by atoms with van der Waals surface area (Å²) in [6.07, 6.45) is 1.95. The van der Waals surface area contributed by atoms with Gasteiger partial charge in [-0.3, -0.25) is 0 Å². The summed E-state index contributed by atoms with van der Waals surface area (Å²) in [6.45, 7) is 2.52. The Hall–Kier alpha value is -2.62. The molecule has 0 bridgehead atoms. The lowest BCUT2D eigenvalue weighted by Crippen LogP contribution is -2.04. The maximum atomic E-state index is 13.3. The van der Waals surface area contributed by atoms with Crippen LogP contribution < -0.4 is 5.32 Å². The molecule has 1 heterocycles. The molecule has 0 aliphatic carbocycles. The number of aromatic nitrogens is 2. The van der Waals surface area contributed by atoms with E-state index in [1.54, 1.807) is 12.1 Å². The van der Waals surface area contributed by atoms with Gasteiger partial charge in [0.05, 0.1) is 12.2 Å². The molecule has 1 aromatic heterocycles. The number of hydrogen-bond acceptors (Lipinski definition) is 2. The molecule has 0 atom stereocenters. The van der Waals surface area contributed by atoms with Crippen LogP contribution in [-0.2, 0) is 6.54 Å². The first-order valence-electron chi connectivity index (χ1n) is 6.81. The van der Waals surface area contributed by atoms with Crippen molar-refractivity contribution < 1.29 is 4.39 Å². The average molecular weight is 281 g/mol. The quantitative estimate of drug-likeness (QED) is 0.779. The van der Waals surface area contributed by atoms with E-state index in [0.29, 0.717) is 6.54 Å². The molecule has 4 heteroatoms. The van der Waals surface area contributed by atoms with Gasteiger partial charge < -0.3 is 9.88 Å². The van der Waals surface area contributed by atoms with Gasteiger partial charge in [0.2, 0.25) is 5.95 Å². The van der Waals surface area contributed by atoms with Gasteiger partial charge in [0.1, 0.15) is 5.82 Å². The third-order valence-corrected chi connectivity index (χ3v) is 3.17. The van der Waals surface area contributed by atoms with Crippen LogP contribution >= 0.6 is 0 Å². The lowest BCUT2D eigenvalue weighted by molar-refractivity contribution is 0.623. The summed E-state index contributed by atoms with van der Waals surface area (Å²) in [5.74, 6) is 0.532. The zero-order valence-corrected chi connectivity index (χ0v) is 11.8. The highest BCUT2D eigenvalue weighted by molar-refractivity contribution is 5.53. The van der Waals surface area contributed by atoms with Crippen molar-refractivity contribution in [2.45, 2.75) is 13.5 Å². The summed E-state index contributed by atoms with van der Waals surface area (Å²) in [7, 11) is 0. The molecular formula is C17H16FN3. The molecule has 0 amide bonds. The van der Waals surface area contributed by atoms with Gasteiger partial charge in [-0.25, -0.2) is 9.37 Å². The van der Waals surface area contributed by atoms with Crippen molar-refractivity contribution in [1.82, 2.24) is 9.55 Å². The van der Waals surface area contributed by atoms with E-state index < -0.39 is 0 Å². The van der Waals surface area contributed by atoms with E-state index in [4.69, 9.17) is 0 Å². The second kappa shape index (κ2) is 5.79. The summed E-state index contributed by atoms with van der Waals surface area (Å²) in [6, 6.07) is 16.5. The number of benzene rings is 2. The number of hydrogen-bond donors (Lipinski definition) is 1. The van der Waals surface area contributed by atoms with Crippen molar-refractivity contribution in [3.8, 4) is 0 Å². The Bertz CT molecular complexity index is 735. The number of aryl methyl sites for hydroxylation is 1. The molecule has 0 radical (unpaired) electrons. The van der Waals surface area contributed by atoms with Crippen molar-refractivity contribution >= 4 is 11.6 Å². The van der Waals surface area contributed by atoms with E-state index in [1.807, 2.05) is 54.1 Å². The Morgan fingerprint density at radius 2 is 1.90 bits per heavy atom. The van der Waals surface area contributed by atoms with E-state index in [2.05, 4.69) is 10.3 Å². The molecule has 3 nitrogen and oxygen atoms in total. The van der Waals surface area contributed by atoms with E-state index in [9.17, 15) is 4.39 Å². The Morgan fingerprint density at radius 3 is 2.67 bits per heavy atom. The molecule has 0 aliphatic heterocycles. The lowest BCUT2D eigenvalue weighted by Gasteiger charge is -2.10. The number of anilines is 2. The maximum absolute atomic E-state index is 13.3. The Labute approximate surface area is 123 Å².